The first-order valence-electron chi connectivity index (χ1n) is 4.83. The Kier molecular flexibility index (Phi) is 6.74. The Balaban J connectivity index is 3.48. The lowest BCUT2D eigenvalue weighted by atomic mass is 10.1. The van der Waals surface area contributed by atoms with Gasteiger partial charge in [-0.15, -0.1) is 0 Å². The van der Waals surface area contributed by atoms with Gasteiger partial charge in [0, 0.05) is 6.42 Å². The number of nitrogens with two attached hydrogens (primary N) is 2. The van der Waals surface area contributed by atoms with E-state index in [1.165, 1.54) is 0 Å². The minimum atomic E-state index is -0.540. The summed E-state index contributed by atoms with van der Waals surface area (Å²) < 4.78 is 4.75. The summed E-state index contributed by atoms with van der Waals surface area (Å²) in [6.07, 6.45) is 2.74. The van der Waals surface area contributed by atoms with Crippen LogP contribution >= 0.6 is 0 Å². The van der Waals surface area contributed by atoms with Gasteiger partial charge in [0.25, 0.3) is 0 Å². The number of nitrogens with one attached hydrogen (secondary N) is 1. The summed E-state index contributed by atoms with van der Waals surface area (Å²) in [6.45, 7) is 2.11. The summed E-state index contributed by atoms with van der Waals surface area (Å²) in [5.41, 5.74) is 10.7. The summed E-state index contributed by atoms with van der Waals surface area (Å²) in [4.78, 5) is 11.1. The van der Waals surface area contributed by atoms with Crippen LogP contribution in [0.15, 0.2) is 0 Å². The molecule has 0 aliphatic carbocycles. The number of carbonyl (C=O) groups is 1. The van der Waals surface area contributed by atoms with Crippen molar-refractivity contribution >= 4 is 11.8 Å². The Morgan fingerprint density at radius 2 is 2.14 bits per heavy atom. The van der Waals surface area contributed by atoms with Gasteiger partial charge in [0.15, 0.2) is 0 Å². The number of amidine groups is 1. The molecule has 0 aliphatic rings. The molecule has 5 nitrogen and oxygen atoms in total. The third-order valence-electron chi connectivity index (χ3n) is 1.80. The van der Waals surface area contributed by atoms with E-state index in [-0.39, 0.29) is 11.8 Å². The van der Waals surface area contributed by atoms with Crippen molar-refractivity contribution in [2.45, 2.75) is 38.6 Å². The molecule has 0 aromatic rings. The van der Waals surface area contributed by atoms with Gasteiger partial charge in [-0.2, -0.15) is 0 Å². The molecule has 5 N–H and O–H groups in total. The summed E-state index contributed by atoms with van der Waals surface area (Å²) in [5, 5.41) is 6.99. The van der Waals surface area contributed by atoms with Gasteiger partial charge in [-0.1, -0.05) is 6.42 Å². The largest absolute Gasteiger partial charge is 0.465 e. The van der Waals surface area contributed by atoms with Crippen molar-refractivity contribution < 1.29 is 9.53 Å². The number of esters is 1. The summed E-state index contributed by atoms with van der Waals surface area (Å²) in [5.74, 6) is -0.176. The smallest absolute Gasteiger partial charge is 0.322 e. The summed E-state index contributed by atoms with van der Waals surface area (Å²) in [6, 6.07) is -0.540. The molecule has 5 heteroatoms. The average Bonchev–Trinajstić information content (AvgIpc) is 2.12. The van der Waals surface area contributed by atoms with Crippen molar-refractivity contribution in [3.63, 3.8) is 0 Å². The van der Waals surface area contributed by atoms with E-state index in [1.807, 2.05) is 0 Å². The highest BCUT2D eigenvalue weighted by Gasteiger charge is 2.13. The third kappa shape index (κ3) is 6.42. The number of ether oxygens (including phenoxy) is 1. The van der Waals surface area contributed by atoms with E-state index < -0.39 is 6.04 Å². The molecule has 0 aliphatic heterocycles. The number of rotatable bonds is 7. The van der Waals surface area contributed by atoms with Crippen LogP contribution < -0.4 is 11.5 Å². The molecule has 0 rings (SSSR count). The topological polar surface area (TPSA) is 102 Å². The van der Waals surface area contributed by atoms with Crippen molar-refractivity contribution in [3.05, 3.63) is 0 Å². The van der Waals surface area contributed by atoms with Gasteiger partial charge < -0.3 is 16.2 Å². The Morgan fingerprint density at radius 1 is 1.50 bits per heavy atom. The van der Waals surface area contributed by atoms with Crippen molar-refractivity contribution in [3.8, 4) is 0 Å². The first kappa shape index (κ1) is 12.9. The van der Waals surface area contributed by atoms with Crippen LogP contribution in [0.2, 0.25) is 0 Å². The lowest BCUT2D eigenvalue weighted by Gasteiger charge is -2.09. The number of hydrogen-bond acceptors (Lipinski definition) is 4. The molecular weight excluding hydrogens is 182 g/mol. The molecule has 0 aromatic heterocycles. The first-order valence-corrected chi connectivity index (χ1v) is 4.83. The lowest BCUT2D eigenvalue weighted by molar-refractivity contribution is -0.144. The van der Waals surface area contributed by atoms with Crippen LogP contribution in [0, 0.1) is 5.41 Å². The molecule has 0 fully saturated rings. The van der Waals surface area contributed by atoms with Crippen LogP contribution in [0.1, 0.15) is 32.6 Å². The van der Waals surface area contributed by atoms with Crippen LogP contribution in [0.3, 0.4) is 0 Å². The maximum Gasteiger partial charge on any atom is 0.322 e. The highest BCUT2D eigenvalue weighted by Crippen LogP contribution is 2.03. The van der Waals surface area contributed by atoms with E-state index >= 15 is 0 Å². The van der Waals surface area contributed by atoms with Crippen molar-refractivity contribution in [2.75, 3.05) is 6.61 Å². The van der Waals surface area contributed by atoms with E-state index in [0.29, 0.717) is 19.4 Å². The fraction of sp³-hybridized carbons (Fsp3) is 0.778. The van der Waals surface area contributed by atoms with Crippen molar-refractivity contribution in [1.82, 2.24) is 0 Å². The highest BCUT2D eigenvalue weighted by molar-refractivity contribution is 5.76. The standard InChI is InChI=1S/C9H19N3O2/c1-2-14-9(13)7(10)5-3-4-6-8(11)12/h7H,2-6,10H2,1H3,(H3,11,12)/t7-/m0/s1. The van der Waals surface area contributed by atoms with Gasteiger partial charge in [0.2, 0.25) is 0 Å². The van der Waals surface area contributed by atoms with E-state index in [2.05, 4.69) is 0 Å². The second-order valence-corrected chi connectivity index (χ2v) is 3.13. The van der Waals surface area contributed by atoms with E-state index in [4.69, 9.17) is 21.6 Å². The molecule has 14 heavy (non-hydrogen) atoms. The van der Waals surface area contributed by atoms with Crippen LogP contribution in [-0.4, -0.2) is 24.5 Å². The zero-order chi connectivity index (χ0) is 11.0. The first-order chi connectivity index (χ1) is 6.57. The number of carbonyl (C=O) groups excluding carboxylic acids is 1. The molecule has 0 amide bonds. The van der Waals surface area contributed by atoms with Crippen LogP contribution in [0.5, 0.6) is 0 Å². The normalized spacial score (nSPS) is 12.1. The second-order valence-electron chi connectivity index (χ2n) is 3.13. The predicted molar refractivity (Wildman–Crippen MR) is 55.0 cm³/mol. The van der Waals surface area contributed by atoms with Crippen molar-refractivity contribution in [1.29, 1.82) is 5.41 Å². The SMILES string of the molecule is CCOC(=O)[C@@H](N)CCCCC(=N)N. The summed E-state index contributed by atoms with van der Waals surface area (Å²) >= 11 is 0. The number of hydrogen-bond donors (Lipinski definition) is 3. The van der Waals surface area contributed by atoms with Crippen LogP contribution in [0.4, 0.5) is 0 Å². The van der Waals surface area contributed by atoms with Gasteiger partial charge in [-0.3, -0.25) is 10.2 Å². The van der Waals surface area contributed by atoms with Gasteiger partial charge in [0.1, 0.15) is 6.04 Å². The average molecular weight is 201 g/mol. The van der Waals surface area contributed by atoms with Gasteiger partial charge >= 0.3 is 5.97 Å². The zero-order valence-corrected chi connectivity index (χ0v) is 8.58. The fourth-order valence-electron chi connectivity index (χ4n) is 1.05. The molecule has 0 aromatic carbocycles. The molecule has 0 saturated heterocycles. The molecule has 0 radical (unpaired) electrons. The van der Waals surface area contributed by atoms with Crippen LogP contribution in [0.25, 0.3) is 0 Å². The molecular formula is C9H19N3O2. The maximum absolute atomic E-state index is 11.1. The Labute approximate surface area is 84.3 Å². The minimum absolute atomic E-state index is 0.176. The Hall–Kier alpha value is -1.10. The van der Waals surface area contributed by atoms with Crippen molar-refractivity contribution in [2.24, 2.45) is 11.5 Å². The van der Waals surface area contributed by atoms with Gasteiger partial charge in [-0.05, 0) is 19.8 Å². The van der Waals surface area contributed by atoms with E-state index in [1.54, 1.807) is 6.92 Å². The monoisotopic (exact) mass is 201 g/mol. The Bertz CT molecular complexity index is 194. The second kappa shape index (κ2) is 7.32. The lowest BCUT2D eigenvalue weighted by Crippen LogP contribution is -2.32. The van der Waals surface area contributed by atoms with Crippen LogP contribution in [-0.2, 0) is 9.53 Å². The molecule has 82 valence electrons. The van der Waals surface area contributed by atoms with Gasteiger partial charge in [-0.25, -0.2) is 0 Å². The molecule has 0 saturated carbocycles. The Morgan fingerprint density at radius 3 is 2.64 bits per heavy atom. The van der Waals surface area contributed by atoms with E-state index in [9.17, 15) is 4.79 Å². The minimum Gasteiger partial charge on any atom is -0.465 e. The molecule has 0 heterocycles. The molecule has 1 atom stereocenters. The highest BCUT2D eigenvalue weighted by atomic mass is 16.5. The molecule has 0 spiro atoms. The molecule has 0 bridgehead atoms. The summed E-state index contributed by atoms with van der Waals surface area (Å²) in [7, 11) is 0. The predicted octanol–water partition coefficient (Wildman–Crippen LogP) is 0.373. The third-order valence-corrected chi connectivity index (χ3v) is 1.80. The fourth-order valence-corrected chi connectivity index (χ4v) is 1.05. The molecule has 0 unspecified atom stereocenters. The number of unbranched alkanes of at least 4 members (excludes halogenated alkanes) is 1. The van der Waals surface area contributed by atoms with E-state index in [0.717, 1.165) is 12.8 Å². The zero-order valence-electron chi connectivity index (χ0n) is 8.58. The quantitative estimate of drug-likeness (QED) is 0.240. The maximum atomic E-state index is 11.1. The van der Waals surface area contributed by atoms with Gasteiger partial charge in [0.05, 0.1) is 12.4 Å².